The number of fused-ring (bicyclic) bond motifs is 4. The number of aliphatic imine (C=N–C) groups is 1. The Bertz CT molecular complexity index is 2880. The SMILES string of the molecule is CC(C)c1cc(-c2ccccc2)cc(C(C)C)c1C1C(c2[c-]ccc3c2oc2ccccc23)=Nc2ccccc21.[2H]C([2H])(c1cc(-c2[c-]cccc2)nc[c]1[Ge]([CH3])([CH3])[CH3])C(C)C.[Ir]. The van der Waals surface area contributed by atoms with Gasteiger partial charge in [0.05, 0.1) is 11.3 Å². The number of rotatable bonds is 9. The topological polar surface area (TPSA) is 38.4 Å². The molecular formula is C56H56GeIrN2O-2. The molecule has 311 valence electrons. The van der Waals surface area contributed by atoms with Crippen LogP contribution < -0.4 is 4.40 Å². The van der Waals surface area contributed by atoms with E-state index in [0.29, 0.717) is 11.8 Å². The zero-order chi connectivity index (χ0) is 43.9. The average Bonchev–Trinajstić information content (AvgIpc) is 3.85. The summed E-state index contributed by atoms with van der Waals surface area (Å²) in [5.74, 6) is 7.45. The minimum Gasteiger partial charge on any atom is 0 e. The van der Waals surface area contributed by atoms with Gasteiger partial charge in [0.15, 0.2) is 0 Å². The van der Waals surface area contributed by atoms with E-state index in [-0.39, 0.29) is 31.9 Å². The molecule has 0 spiro atoms. The molecule has 1 radical (unpaired) electrons. The van der Waals surface area contributed by atoms with E-state index in [1.807, 2.05) is 68.6 Å². The zero-order valence-electron chi connectivity index (χ0n) is 38.7. The second kappa shape index (κ2) is 18.6. The monoisotopic (exact) mass is 1040 g/mol. The molecule has 1 aliphatic rings. The maximum atomic E-state index is 8.56. The molecule has 9 rings (SSSR count). The van der Waals surface area contributed by atoms with Gasteiger partial charge in [-0.25, -0.2) is 0 Å². The van der Waals surface area contributed by atoms with Gasteiger partial charge in [0.1, 0.15) is 5.58 Å². The van der Waals surface area contributed by atoms with E-state index in [4.69, 9.17) is 12.2 Å². The molecule has 0 amide bonds. The van der Waals surface area contributed by atoms with Gasteiger partial charge in [-0.15, -0.1) is 18.2 Å². The molecule has 0 saturated carbocycles. The summed E-state index contributed by atoms with van der Waals surface area (Å²) < 4.78 is 24.8. The fourth-order valence-electron chi connectivity index (χ4n) is 8.52. The molecule has 3 nitrogen and oxygen atoms in total. The molecule has 61 heavy (non-hydrogen) atoms. The molecular weight excluding hydrogens is 981 g/mol. The van der Waals surface area contributed by atoms with Crippen molar-refractivity contribution >= 4 is 51.0 Å². The Labute approximate surface area is 382 Å². The minimum absolute atomic E-state index is 0. The quantitative estimate of drug-likeness (QED) is 0.107. The van der Waals surface area contributed by atoms with Crippen LogP contribution in [0.1, 0.15) is 95.4 Å². The van der Waals surface area contributed by atoms with Crippen molar-refractivity contribution in [3.63, 3.8) is 0 Å². The first-order chi connectivity index (χ1) is 29.6. The van der Waals surface area contributed by atoms with E-state index in [2.05, 4.69) is 147 Å². The molecule has 3 heterocycles. The van der Waals surface area contributed by atoms with Crippen molar-refractivity contribution in [3.8, 4) is 22.4 Å². The Morgan fingerprint density at radius 3 is 2.05 bits per heavy atom. The number of nitrogens with zero attached hydrogens (tertiary/aromatic N) is 2. The summed E-state index contributed by atoms with van der Waals surface area (Å²) in [6.07, 6.45) is 0.562. The second-order valence-electron chi connectivity index (χ2n) is 17.9. The molecule has 0 saturated heterocycles. The molecule has 1 atom stereocenters. The van der Waals surface area contributed by atoms with Crippen molar-refractivity contribution in [2.75, 3.05) is 0 Å². The summed E-state index contributed by atoms with van der Waals surface area (Å²) in [4.78, 5) is 9.90. The van der Waals surface area contributed by atoms with Crippen LogP contribution in [0.3, 0.4) is 0 Å². The van der Waals surface area contributed by atoms with Gasteiger partial charge >= 0.3 is 128 Å². The van der Waals surface area contributed by atoms with Gasteiger partial charge < -0.3 is 4.42 Å². The molecule has 0 bridgehead atoms. The summed E-state index contributed by atoms with van der Waals surface area (Å²) in [6, 6.07) is 52.9. The van der Waals surface area contributed by atoms with Gasteiger partial charge in [0.25, 0.3) is 0 Å². The summed E-state index contributed by atoms with van der Waals surface area (Å²) >= 11 is -2.20. The third-order valence-corrected chi connectivity index (χ3v) is 15.6. The summed E-state index contributed by atoms with van der Waals surface area (Å²) in [5.41, 5.74) is 15.2. The summed E-state index contributed by atoms with van der Waals surface area (Å²) in [7, 11) is 0. The van der Waals surface area contributed by atoms with Gasteiger partial charge in [0, 0.05) is 31.4 Å². The molecule has 0 fully saturated rings. The van der Waals surface area contributed by atoms with Crippen molar-refractivity contribution in [1.29, 1.82) is 0 Å². The number of hydrogen-bond acceptors (Lipinski definition) is 3. The third kappa shape index (κ3) is 9.19. The fourth-order valence-corrected chi connectivity index (χ4v) is 11.5. The van der Waals surface area contributed by atoms with Gasteiger partial charge in [-0.3, -0.25) is 4.99 Å². The van der Waals surface area contributed by atoms with E-state index in [1.54, 1.807) is 0 Å². The van der Waals surface area contributed by atoms with E-state index >= 15 is 0 Å². The normalized spacial score (nSPS) is 14.4. The standard InChI is InChI=1S/C38H32NO.C18H24GeN.Ir/c1-23(2)31-21-26(25-13-6-5-7-14-25)22-32(24(3)4)35(31)36-29-16-8-10-19-33(29)39-37(36)30-18-12-17-28-27-15-9-11-20-34(27)40-38(28)30;1-14(2)11-16-12-18(15-9-7-6-8-10-15)20-13-17(16)19(3,4)5;/h5-17,19-24,36H,1-4H3;6-9,12-14H,11H2,1-5H3;/q2*-1;/i;11D2;. The molecule has 0 N–H and O–H groups in total. The Morgan fingerprint density at radius 1 is 0.705 bits per heavy atom. The van der Waals surface area contributed by atoms with Crippen molar-refractivity contribution in [2.24, 2.45) is 10.9 Å². The number of aromatic nitrogens is 1. The van der Waals surface area contributed by atoms with Crippen LogP contribution in [0.25, 0.3) is 44.3 Å². The Morgan fingerprint density at radius 2 is 1.38 bits per heavy atom. The van der Waals surface area contributed by atoms with E-state index < -0.39 is 19.6 Å². The molecule has 0 aliphatic carbocycles. The first kappa shape index (κ1) is 41.5. The number of furan rings is 1. The Hall–Kier alpha value is -4.87. The molecule has 6 aromatic carbocycles. The van der Waals surface area contributed by atoms with Gasteiger partial charge in [-0.05, 0) is 63.1 Å². The molecule has 1 unspecified atom stereocenters. The number of para-hydroxylation sites is 2. The smallest absolute Gasteiger partial charge is 0 e. The average molecular weight is 1040 g/mol. The van der Waals surface area contributed by atoms with Crippen LogP contribution in [0, 0.1) is 18.1 Å². The van der Waals surface area contributed by atoms with E-state index in [0.717, 1.165) is 60.1 Å². The predicted molar refractivity (Wildman–Crippen MR) is 257 cm³/mol. The number of benzene rings is 6. The van der Waals surface area contributed by atoms with Gasteiger partial charge in [0.2, 0.25) is 0 Å². The van der Waals surface area contributed by atoms with E-state index in [1.165, 1.54) is 33.4 Å². The fraction of sp³-hybridized carbons (Fsp3) is 0.250. The zero-order valence-corrected chi connectivity index (χ0v) is 41.2. The van der Waals surface area contributed by atoms with Crippen LogP contribution in [-0.2, 0) is 26.5 Å². The van der Waals surface area contributed by atoms with Crippen LogP contribution in [0.2, 0.25) is 17.3 Å². The Balaban J connectivity index is 0.000000221. The molecule has 5 heteroatoms. The van der Waals surface area contributed by atoms with Crippen molar-refractivity contribution in [3.05, 3.63) is 185 Å². The molecule has 1 aliphatic heterocycles. The maximum Gasteiger partial charge on any atom is 0 e. The Kier molecular flexibility index (Phi) is 12.7. The number of hydrogen-bond donors (Lipinski definition) is 0. The van der Waals surface area contributed by atoms with E-state index in [9.17, 15) is 0 Å². The van der Waals surface area contributed by atoms with Crippen LogP contribution in [0.15, 0.2) is 149 Å². The molecule has 2 aromatic heterocycles. The van der Waals surface area contributed by atoms with Gasteiger partial charge in [-0.1, -0.05) is 118 Å². The van der Waals surface area contributed by atoms with Crippen LogP contribution in [0.5, 0.6) is 0 Å². The van der Waals surface area contributed by atoms with Crippen molar-refractivity contribution < 1.29 is 27.3 Å². The summed E-state index contributed by atoms with van der Waals surface area (Å²) in [5, 5.41) is 2.23. The van der Waals surface area contributed by atoms with Crippen molar-refractivity contribution in [1.82, 2.24) is 4.98 Å². The maximum absolute atomic E-state index is 8.56. The van der Waals surface area contributed by atoms with Crippen LogP contribution >= 0.6 is 0 Å². The third-order valence-electron chi connectivity index (χ3n) is 11.4. The minimum atomic E-state index is -2.20. The van der Waals surface area contributed by atoms with Crippen LogP contribution in [-0.4, -0.2) is 24.0 Å². The largest absolute Gasteiger partial charge is 0 e. The first-order valence-corrected chi connectivity index (χ1v) is 28.7. The summed E-state index contributed by atoms with van der Waals surface area (Å²) in [6.45, 7) is 13.1. The van der Waals surface area contributed by atoms with Gasteiger partial charge in [-0.2, -0.15) is 0 Å². The predicted octanol–water partition coefficient (Wildman–Crippen LogP) is 14.9. The molecule has 8 aromatic rings. The van der Waals surface area contributed by atoms with Crippen molar-refractivity contribution in [2.45, 2.75) is 82.9 Å². The first-order valence-electron chi connectivity index (χ1n) is 22.4. The van der Waals surface area contributed by atoms with Crippen LogP contribution in [0.4, 0.5) is 5.69 Å². The second-order valence-corrected chi connectivity index (χ2v) is 28.4. The number of pyridine rings is 1.